The second-order valence-corrected chi connectivity index (χ2v) is 5.18. The molecule has 0 fully saturated rings. The summed E-state index contributed by atoms with van der Waals surface area (Å²) in [6.45, 7) is 11.8. The molecule has 0 N–H and O–H groups in total. The molecule has 0 amide bonds. The van der Waals surface area contributed by atoms with E-state index in [-0.39, 0.29) is 0 Å². The molecule has 0 aliphatic heterocycles. The molecule has 0 radical (unpaired) electrons. The molecule has 0 aromatic heterocycles. The van der Waals surface area contributed by atoms with Gasteiger partial charge in [0.25, 0.3) is 0 Å². The fourth-order valence-corrected chi connectivity index (χ4v) is 2.41. The van der Waals surface area contributed by atoms with E-state index in [0.29, 0.717) is 5.41 Å². The van der Waals surface area contributed by atoms with Crippen LogP contribution in [0.4, 0.5) is 0 Å². The summed E-state index contributed by atoms with van der Waals surface area (Å²) in [6.07, 6.45) is 5.20. The van der Waals surface area contributed by atoms with Gasteiger partial charge in [-0.2, -0.15) is 0 Å². The smallest absolute Gasteiger partial charge is 0.0263 e. The van der Waals surface area contributed by atoms with Gasteiger partial charge in [-0.3, -0.25) is 0 Å². The van der Waals surface area contributed by atoms with Crippen molar-refractivity contribution in [2.45, 2.75) is 60.3 Å². The molecule has 0 spiro atoms. The highest BCUT2D eigenvalue weighted by Gasteiger charge is 2.31. The van der Waals surface area contributed by atoms with Crippen LogP contribution in [0.1, 0.15) is 60.3 Å². The SMILES string of the molecule is CCC1=C(CC)CC(C)(C)C(C)C1. The highest BCUT2D eigenvalue weighted by molar-refractivity contribution is 5.20. The molecule has 76 valence electrons. The maximum Gasteiger partial charge on any atom is -0.0263 e. The average Bonchev–Trinajstić information content (AvgIpc) is 2.08. The molecule has 0 aromatic carbocycles. The number of hydrogen-bond donors (Lipinski definition) is 0. The molecule has 0 aromatic rings. The largest absolute Gasteiger partial charge is 0.0710 e. The van der Waals surface area contributed by atoms with Crippen LogP contribution in [0.2, 0.25) is 0 Å². The van der Waals surface area contributed by atoms with Crippen LogP contribution in [0.25, 0.3) is 0 Å². The third kappa shape index (κ3) is 2.15. The first kappa shape index (κ1) is 10.8. The monoisotopic (exact) mass is 180 g/mol. The molecule has 1 aliphatic rings. The Kier molecular flexibility index (Phi) is 3.21. The van der Waals surface area contributed by atoms with Crippen LogP contribution >= 0.6 is 0 Å². The topological polar surface area (TPSA) is 0 Å². The molecule has 0 heterocycles. The highest BCUT2D eigenvalue weighted by atomic mass is 14.4. The van der Waals surface area contributed by atoms with Crippen molar-refractivity contribution in [2.24, 2.45) is 11.3 Å². The van der Waals surface area contributed by atoms with Gasteiger partial charge in [0.2, 0.25) is 0 Å². The predicted molar refractivity (Wildman–Crippen MR) is 59.8 cm³/mol. The van der Waals surface area contributed by atoms with E-state index in [1.54, 1.807) is 11.1 Å². The maximum absolute atomic E-state index is 2.42. The van der Waals surface area contributed by atoms with E-state index in [9.17, 15) is 0 Å². The lowest BCUT2D eigenvalue weighted by atomic mass is 9.67. The second kappa shape index (κ2) is 3.86. The Labute approximate surface area is 83.4 Å². The fourth-order valence-electron chi connectivity index (χ4n) is 2.41. The van der Waals surface area contributed by atoms with Crippen molar-refractivity contribution < 1.29 is 0 Å². The lowest BCUT2D eigenvalue weighted by molar-refractivity contribution is 0.207. The lowest BCUT2D eigenvalue weighted by Gasteiger charge is -2.39. The van der Waals surface area contributed by atoms with Crippen LogP contribution in [0.3, 0.4) is 0 Å². The zero-order valence-electron chi connectivity index (χ0n) is 9.91. The number of rotatable bonds is 2. The Balaban J connectivity index is 2.88. The van der Waals surface area contributed by atoms with Gasteiger partial charge in [0.15, 0.2) is 0 Å². The van der Waals surface area contributed by atoms with Crippen LogP contribution < -0.4 is 0 Å². The zero-order chi connectivity index (χ0) is 10.1. The van der Waals surface area contributed by atoms with Crippen molar-refractivity contribution in [2.75, 3.05) is 0 Å². The molecule has 1 unspecified atom stereocenters. The predicted octanol–water partition coefficient (Wildman–Crippen LogP) is 4.56. The van der Waals surface area contributed by atoms with E-state index in [1.165, 1.54) is 25.7 Å². The van der Waals surface area contributed by atoms with Crippen LogP contribution in [0, 0.1) is 11.3 Å². The van der Waals surface area contributed by atoms with Crippen molar-refractivity contribution in [3.8, 4) is 0 Å². The van der Waals surface area contributed by atoms with Crippen molar-refractivity contribution >= 4 is 0 Å². The molecule has 0 bridgehead atoms. The van der Waals surface area contributed by atoms with Crippen molar-refractivity contribution in [3.05, 3.63) is 11.1 Å². The molecule has 1 aliphatic carbocycles. The third-order valence-corrected chi connectivity index (χ3v) is 3.91. The summed E-state index contributed by atoms with van der Waals surface area (Å²) in [5.74, 6) is 0.859. The minimum atomic E-state index is 0.532. The average molecular weight is 180 g/mol. The summed E-state index contributed by atoms with van der Waals surface area (Å²) in [5, 5.41) is 0. The van der Waals surface area contributed by atoms with Crippen LogP contribution in [-0.2, 0) is 0 Å². The van der Waals surface area contributed by atoms with Gasteiger partial charge in [0.1, 0.15) is 0 Å². The molecule has 1 atom stereocenters. The summed E-state index contributed by atoms with van der Waals surface area (Å²) >= 11 is 0. The molecule has 0 saturated carbocycles. The Hall–Kier alpha value is -0.260. The maximum atomic E-state index is 2.42. The summed E-state index contributed by atoms with van der Waals surface area (Å²) in [4.78, 5) is 0. The molecule has 0 nitrogen and oxygen atoms in total. The van der Waals surface area contributed by atoms with Gasteiger partial charge in [0, 0.05) is 0 Å². The van der Waals surface area contributed by atoms with E-state index in [0.717, 1.165) is 5.92 Å². The highest BCUT2D eigenvalue weighted by Crippen LogP contribution is 2.44. The Bertz CT molecular complexity index is 208. The van der Waals surface area contributed by atoms with Gasteiger partial charge in [-0.1, -0.05) is 45.8 Å². The lowest BCUT2D eigenvalue weighted by Crippen LogP contribution is -2.27. The minimum Gasteiger partial charge on any atom is -0.0710 e. The molecule has 0 saturated heterocycles. The summed E-state index contributed by atoms with van der Waals surface area (Å²) in [7, 11) is 0. The van der Waals surface area contributed by atoms with Crippen molar-refractivity contribution in [3.63, 3.8) is 0 Å². The Morgan fingerprint density at radius 1 is 1.15 bits per heavy atom. The first-order valence-corrected chi connectivity index (χ1v) is 5.71. The summed E-state index contributed by atoms with van der Waals surface area (Å²) in [6, 6.07) is 0. The second-order valence-electron chi connectivity index (χ2n) is 5.18. The molecule has 1 rings (SSSR count). The van der Waals surface area contributed by atoms with E-state index < -0.39 is 0 Å². The van der Waals surface area contributed by atoms with Crippen LogP contribution in [0.15, 0.2) is 11.1 Å². The zero-order valence-corrected chi connectivity index (χ0v) is 9.91. The van der Waals surface area contributed by atoms with E-state index >= 15 is 0 Å². The first-order valence-electron chi connectivity index (χ1n) is 5.71. The van der Waals surface area contributed by atoms with E-state index in [4.69, 9.17) is 0 Å². The van der Waals surface area contributed by atoms with Crippen molar-refractivity contribution in [1.29, 1.82) is 0 Å². The molecule has 0 heteroatoms. The first-order chi connectivity index (χ1) is 6.01. The summed E-state index contributed by atoms with van der Waals surface area (Å²) < 4.78 is 0. The van der Waals surface area contributed by atoms with Gasteiger partial charge in [-0.05, 0) is 37.0 Å². The van der Waals surface area contributed by atoms with Gasteiger partial charge in [-0.15, -0.1) is 0 Å². The standard InChI is InChI=1S/C13H24/c1-6-11-8-10(3)13(4,5)9-12(11)7-2/h10H,6-9H2,1-5H3. The molecule has 13 heavy (non-hydrogen) atoms. The fraction of sp³-hybridized carbons (Fsp3) is 0.846. The number of hydrogen-bond acceptors (Lipinski definition) is 0. The third-order valence-electron chi connectivity index (χ3n) is 3.91. The number of allylic oxidation sites excluding steroid dienone is 2. The molecular weight excluding hydrogens is 156 g/mol. The van der Waals surface area contributed by atoms with E-state index in [2.05, 4.69) is 34.6 Å². The normalized spacial score (nSPS) is 27.9. The van der Waals surface area contributed by atoms with Gasteiger partial charge >= 0.3 is 0 Å². The molecular formula is C13H24. The van der Waals surface area contributed by atoms with Crippen LogP contribution in [0.5, 0.6) is 0 Å². The van der Waals surface area contributed by atoms with Gasteiger partial charge in [-0.25, -0.2) is 0 Å². The minimum absolute atomic E-state index is 0.532. The Morgan fingerprint density at radius 2 is 1.69 bits per heavy atom. The van der Waals surface area contributed by atoms with Gasteiger partial charge < -0.3 is 0 Å². The summed E-state index contributed by atoms with van der Waals surface area (Å²) in [5.41, 5.74) is 4.02. The van der Waals surface area contributed by atoms with Crippen molar-refractivity contribution in [1.82, 2.24) is 0 Å². The van der Waals surface area contributed by atoms with Crippen LogP contribution in [-0.4, -0.2) is 0 Å². The quantitative estimate of drug-likeness (QED) is 0.546. The van der Waals surface area contributed by atoms with E-state index in [1.807, 2.05) is 0 Å². The van der Waals surface area contributed by atoms with Gasteiger partial charge in [0.05, 0.1) is 0 Å². The Morgan fingerprint density at radius 3 is 2.15 bits per heavy atom.